The first-order valence-corrected chi connectivity index (χ1v) is 6.75. The number of hydrogen-bond acceptors (Lipinski definition) is 2. The second-order valence-electron chi connectivity index (χ2n) is 4.59. The molecule has 2 heteroatoms. The lowest BCUT2D eigenvalue weighted by Gasteiger charge is -2.08. The van der Waals surface area contributed by atoms with E-state index in [1.807, 2.05) is 11.3 Å². The Balaban J connectivity index is 2.07. The van der Waals surface area contributed by atoms with Crippen molar-refractivity contribution in [3.05, 3.63) is 50.7 Å². The molecule has 0 radical (unpaired) electrons. The minimum absolute atomic E-state index is 0.915. The third-order valence-electron chi connectivity index (χ3n) is 3.13. The van der Waals surface area contributed by atoms with E-state index < -0.39 is 0 Å². The second kappa shape index (κ2) is 4.92. The standard InChI is InChI=1S/C15H19NS/c1-10-5-6-15(7-11(10)2)16-9-14-8-12(3)17-13(14)4/h5-8,16H,9H2,1-4H3. The van der Waals surface area contributed by atoms with Crippen LogP contribution in [0.25, 0.3) is 0 Å². The summed E-state index contributed by atoms with van der Waals surface area (Å²) in [6.07, 6.45) is 0. The summed E-state index contributed by atoms with van der Waals surface area (Å²) in [5.74, 6) is 0. The quantitative estimate of drug-likeness (QED) is 0.833. The number of rotatable bonds is 3. The van der Waals surface area contributed by atoms with Crippen molar-refractivity contribution < 1.29 is 0 Å². The zero-order chi connectivity index (χ0) is 12.4. The molecule has 1 aromatic heterocycles. The Bertz CT molecular complexity index is 526. The summed E-state index contributed by atoms with van der Waals surface area (Å²) in [4.78, 5) is 2.80. The van der Waals surface area contributed by atoms with E-state index in [1.54, 1.807) is 0 Å². The Morgan fingerprint density at radius 2 is 1.76 bits per heavy atom. The van der Waals surface area contributed by atoms with Crippen molar-refractivity contribution in [3.63, 3.8) is 0 Å². The van der Waals surface area contributed by atoms with E-state index in [-0.39, 0.29) is 0 Å². The highest BCUT2D eigenvalue weighted by Gasteiger charge is 2.02. The van der Waals surface area contributed by atoms with Gasteiger partial charge in [0.05, 0.1) is 0 Å². The van der Waals surface area contributed by atoms with Crippen LogP contribution in [-0.2, 0) is 6.54 Å². The predicted octanol–water partition coefficient (Wildman–Crippen LogP) is 4.59. The van der Waals surface area contributed by atoms with Crippen LogP contribution < -0.4 is 5.32 Å². The number of nitrogens with one attached hydrogen (secondary N) is 1. The van der Waals surface area contributed by atoms with Crippen molar-refractivity contribution in [2.24, 2.45) is 0 Å². The molecule has 0 bridgehead atoms. The summed E-state index contributed by atoms with van der Waals surface area (Å²) in [5.41, 5.74) is 5.30. The van der Waals surface area contributed by atoms with Gasteiger partial charge >= 0.3 is 0 Å². The van der Waals surface area contributed by atoms with E-state index in [9.17, 15) is 0 Å². The largest absolute Gasteiger partial charge is 0.381 e. The maximum Gasteiger partial charge on any atom is 0.0411 e. The molecule has 0 saturated heterocycles. The van der Waals surface area contributed by atoms with Crippen LogP contribution in [0.1, 0.15) is 26.4 Å². The van der Waals surface area contributed by atoms with Crippen molar-refractivity contribution >= 4 is 17.0 Å². The number of anilines is 1. The molecule has 0 amide bonds. The van der Waals surface area contributed by atoms with Gasteiger partial charge in [0.15, 0.2) is 0 Å². The van der Waals surface area contributed by atoms with Gasteiger partial charge in [-0.3, -0.25) is 0 Å². The molecule has 0 spiro atoms. The lowest BCUT2D eigenvalue weighted by molar-refractivity contribution is 1.14. The van der Waals surface area contributed by atoms with Gasteiger partial charge in [-0.1, -0.05) is 6.07 Å². The van der Waals surface area contributed by atoms with Crippen molar-refractivity contribution in [1.82, 2.24) is 0 Å². The van der Waals surface area contributed by atoms with E-state index in [0.29, 0.717) is 0 Å². The van der Waals surface area contributed by atoms with Crippen LogP contribution in [0.5, 0.6) is 0 Å². The van der Waals surface area contributed by atoms with Gasteiger partial charge in [-0.15, -0.1) is 11.3 Å². The molecule has 0 aliphatic rings. The third kappa shape index (κ3) is 2.89. The van der Waals surface area contributed by atoms with Crippen molar-refractivity contribution in [2.45, 2.75) is 34.2 Å². The average Bonchev–Trinajstić information content (AvgIpc) is 2.59. The number of thiophene rings is 1. The molecule has 0 unspecified atom stereocenters. The molecule has 0 saturated carbocycles. The molecule has 1 nitrogen and oxygen atoms in total. The zero-order valence-corrected chi connectivity index (χ0v) is 11.7. The Hall–Kier alpha value is -1.28. The zero-order valence-electron chi connectivity index (χ0n) is 10.9. The van der Waals surface area contributed by atoms with E-state index in [0.717, 1.165) is 6.54 Å². The first-order valence-electron chi connectivity index (χ1n) is 5.93. The Morgan fingerprint density at radius 1 is 1.00 bits per heavy atom. The van der Waals surface area contributed by atoms with E-state index in [4.69, 9.17) is 0 Å². The van der Waals surface area contributed by atoms with Gasteiger partial charge in [-0.25, -0.2) is 0 Å². The molecule has 90 valence electrons. The van der Waals surface area contributed by atoms with Crippen LogP contribution in [-0.4, -0.2) is 0 Å². The smallest absolute Gasteiger partial charge is 0.0411 e. The number of aryl methyl sites for hydroxylation is 4. The fourth-order valence-electron chi connectivity index (χ4n) is 1.91. The Kier molecular flexibility index (Phi) is 3.53. The van der Waals surface area contributed by atoms with Crippen LogP contribution in [0.2, 0.25) is 0 Å². The van der Waals surface area contributed by atoms with Crippen LogP contribution in [0, 0.1) is 27.7 Å². The van der Waals surface area contributed by atoms with Crippen LogP contribution in [0.3, 0.4) is 0 Å². The van der Waals surface area contributed by atoms with Gasteiger partial charge in [0.25, 0.3) is 0 Å². The molecule has 17 heavy (non-hydrogen) atoms. The topological polar surface area (TPSA) is 12.0 Å². The summed E-state index contributed by atoms with van der Waals surface area (Å²) in [7, 11) is 0. The summed E-state index contributed by atoms with van der Waals surface area (Å²) < 4.78 is 0. The predicted molar refractivity (Wildman–Crippen MR) is 77.0 cm³/mol. The molecule has 0 aliphatic carbocycles. The van der Waals surface area contributed by atoms with Gasteiger partial charge in [0.1, 0.15) is 0 Å². The third-order valence-corrected chi connectivity index (χ3v) is 4.14. The maximum absolute atomic E-state index is 3.49. The molecular formula is C15H19NS. The Labute approximate surface area is 108 Å². The van der Waals surface area contributed by atoms with Crippen molar-refractivity contribution in [3.8, 4) is 0 Å². The van der Waals surface area contributed by atoms with Crippen LogP contribution in [0.15, 0.2) is 24.3 Å². The van der Waals surface area contributed by atoms with Crippen molar-refractivity contribution in [2.75, 3.05) is 5.32 Å². The van der Waals surface area contributed by atoms with Crippen LogP contribution >= 0.6 is 11.3 Å². The molecule has 1 N–H and O–H groups in total. The summed E-state index contributed by atoms with van der Waals surface area (Å²) in [5, 5.41) is 3.49. The van der Waals surface area contributed by atoms with E-state index in [1.165, 1.54) is 32.1 Å². The normalized spacial score (nSPS) is 10.6. The highest BCUT2D eigenvalue weighted by atomic mass is 32.1. The molecule has 0 fully saturated rings. The first kappa shape index (κ1) is 12.2. The molecule has 2 rings (SSSR count). The van der Waals surface area contributed by atoms with Gasteiger partial charge < -0.3 is 5.32 Å². The minimum Gasteiger partial charge on any atom is -0.381 e. The highest BCUT2D eigenvalue weighted by Crippen LogP contribution is 2.22. The van der Waals surface area contributed by atoms with Gasteiger partial charge in [0, 0.05) is 22.0 Å². The Morgan fingerprint density at radius 3 is 2.35 bits per heavy atom. The SMILES string of the molecule is Cc1cc(CNc2ccc(C)c(C)c2)c(C)s1. The fourth-order valence-corrected chi connectivity index (χ4v) is 2.85. The number of benzene rings is 1. The molecule has 0 atom stereocenters. The molecule has 1 heterocycles. The second-order valence-corrected chi connectivity index (χ2v) is 6.05. The lowest BCUT2D eigenvalue weighted by Crippen LogP contribution is -1.99. The van der Waals surface area contributed by atoms with E-state index >= 15 is 0 Å². The maximum atomic E-state index is 3.49. The van der Waals surface area contributed by atoms with Gasteiger partial charge in [0.2, 0.25) is 0 Å². The summed E-state index contributed by atoms with van der Waals surface area (Å²) >= 11 is 1.87. The summed E-state index contributed by atoms with van der Waals surface area (Å²) in [6.45, 7) is 9.57. The monoisotopic (exact) mass is 245 g/mol. The molecule has 1 aromatic carbocycles. The molecular weight excluding hydrogens is 226 g/mol. The first-order chi connectivity index (χ1) is 8.06. The molecule has 0 aliphatic heterocycles. The van der Waals surface area contributed by atoms with Gasteiger partial charge in [-0.05, 0) is 62.6 Å². The summed E-state index contributed by atoms with van der Waals surface area (Å²) in [6, 6.07) is 8.80. The van der Waals surface area contributed by atoms with Gasteiger partial charge in [-0.2, -0.15) is 0 Å². The van der Waals surface area contributed by atoms with Crippen LogP contribution in [0.4, 0.5) is 5.69 Å². The number of hydrogen-bond donors (Lipinski definition) is 1. The van der Waals surface area contributed by atoms with Crippen molar-refractivity contribution in [1.29, 1.82) is 0 Å². The lowest BCUT2D eigenvalue weighted by atomic mass is 10.1. The highest BCUT2D eigenvalue weighted by molar-refractivity contribution is 7.12. The minimum atomic E-state index is 0.915. The fraction of sp³-hybridized carbons (Fsp3) is 0.333. The molecule has 2 aromatic rings. The average molecular weight is 245 g/mol. The van der Waals surface area contributed by atoms with E-state index in [2.05, 4.69) is 57.3 Å².